The fourth-order valence-corrected chi connectivity index (χ4v) is 5.47. The van der Waals surface area contributed by atoms with E-state index in [0.29, 0.717) is 4.47 Å². The van der Waals surface area contributed by atoms with Gasteiger partial charge in [0.25, 0.3) is 10.0 Å². The highest BCUT2D eigenvalue weighted by atomic mass is 79.9. The number of halogens is 3. The Kier molecular flexibility index (Phi) is 4.99. The van der Waals surface area contributed by atoms with Crippen LogP contribution in [0, 0.1) is 0 Å². The van der Waals surface area contributed by atoms with Gasteiger partial charge in [-0.15, -0.1) is 11.3 Å². The normalized spacial score (nSPS) is 11.4. The lowest BCUT2D eigenvalue weighted by molar-refractivity contribution is 0.0702. The Morgan fingerprint density at radius 3 is 2.52 bits per heavy atom. The predicted octanol–water partition coefficient (Wildman–Crippen LogP) is 4.43. The molecule has 0 aliphatic carbocycles. The Labute approximate surface area is 146 Å². The molecule has 1 aromatic heterocycles. The minimum Gasteiger partial charge on any atom is -0.477 e. The summed E-state index contributed by atoms with van der Waals surface area (Å²) in [6.07, 6.45) is 0. The Hall–Kier alpha value is -0.610. The average Bonchev–Trinajstić information content (AvgIpc) is 2.77. The van der Waals surface area contributed by atoms with Crippen LogP contribution in [0.2, 0.25) is 5.02 Å². The van der Waals surface area contributed by atoms with Crippen molar-refractivity contribution in [1.29, 1.82) is 0 Å². The summed E-state index contributed by atoms with van der Waals surface area (Å²) in [4.78, 5) is 10.7. The largest absolute Gasteiger partial charge is 0.477 e. The molecule has 0 atom stereocenters. The van der Waals surface area contributed by atoms with Crippen molar-refractivity contribution in [2.45, 2.75) is 4.90 Å². The molecule has 2 aromatic rings. The van der Waals surface area contributed by atoms with Gasteiger partial charge >= 0.3 is 5.97 Å². The number of thiophene rings is 1. The Bertz CT molecular complexity index is 820. The summed E-state index contributed by atoms with van der Waals surface area (Å²) in [6.45, 7) is 0. The molecular weight excluding hydrogens is 470 g/mol. The summed E-state index contributed by atoms with van der Waals surface area (Å²) in [5.41, 5.74) is 0.195. The highest BCUT2D eigenvalue weighted by molar-refractivity contribution is 9.11. The number of hydrogen-bond acceptors (Lipinski definition) is 4. The van der Waals surface area contributed by atoms with E-state index in [4.69, 9.17) is 16.7 Å². The summed E-state index contributed by atoms with van der Waals surface area (Å²) in [5, 5.41) is 9.13. The van der Waals surface area contributed by atoms with Gasteiger partial charge in [-0.3, -0.25) is 4.72 Å². The SMILES string of the molecule is O=C(O)c1cc(S(=O)(=O)Nc2cc(Br)ccc2Cl)c(Br)s1. The molecule has 0 saturated carbocycles. The van der Waals surface area contributed by atoms with Crippen LogP contribution >= 0.6 is 54.8 Å². The van der Waals surface area contributed by atoms with E-state index in [1.54, 1.807) is 6.07 Å². The van der Waals surface area contributed by atoms with Crippen molar-refractivity contribution in [2.75, 3.05) is 4.72 Å². The first kappa shape index (κ1) is 16.8. The number of benzene rings is 1. The topological polar surface area (TPSA) is 83.5 Å². The first-order valence-electron chi connectivity index (χ1n) is 5.21. The second-order valence-corrected chi connectivity index (χ2v) is 9.13. The van der Waals surface area contributed by atoms with Crippen LogP contribution < -0.4 is 4.72 Å². The van der Waals surface area contributed by atoms with Gasteiger partial charge in [-0.25, -0.2) is 13.2 Å². The zero-order valence-corrected chi connectivity index (χ0v) is 15.5. The van der Waals surface area contributed by atoms with E-state index in [1.165, 1.54) is 12.1 Å². The molecule has 0 aliphatic heterocycles. The van der Waals surface area contributed by atoms with E-state index in [9.17, 15) is 13.2 Å². The maximum absolute atomic E-state index is 12.3. The third-order valence-corrected chi connectivity index (χ3v) is 6.76. The van der Waals surface area contributed by atoms with Crippen LogP contribution in [-0.2, 0) is 10.0 Å². The molecule has 0 amide bonds. The van der Waals surface area contributed by atoms with E-state index < -0.39 is 16.0 Å². The van der Waals surface area contributed by atoms with Crippen LogP contribution in [0.3, 0.4) is 0 Å². The molecule has 1 aromatic carbocycles. The van der Waals surface area contributed by atoms with Crippen molar-refractivity contribution in [2.24, 2.45) is 0 Å². The Morgan fingerprint density at radius 1 is 1.29 bits per heavy atom. The molecule has 0 unspecified atom stereocenters. The van der Waals surface area contributed by atoms with Crippen LogP contribution in [0.1, 0.15) is 9.67 Å². The molecule has 21 heavy (non-hydrogen) atoms. The van der Waals surface area contributed by atoms with Gasteiger partial charge in [-0.1, -0.05) is 27.5 Å². The van der Waals surface area contributed by atoms with Crippen molar-refractivity contribution in [3.05, 3.63) is 42.4 Å². The average molecular weight is 476 g/mol. The molecular formula is C11H6Br2ClNO4S2. The Morgan fingerprint density at radius 2 is 1.95 bits per heavy atom. The van der Waals surface area contributed by atoms with Crippen LogP contribution in [0.4, 0.5) is 5.69 Å². The third-order valence-electron chi connectivity index (χ3n) is 2.33. The minimum absolute atomic E-state index is 0.0809. The molecule has 0 aliphatic rings. The van der Waals surface area contributed by atoms with Crippen LogP contribution in [-0.4, -0.2) is 19.5 Å². The summed E-state index contributed by atoms with van der Waals surface area (Å²) in [7, 11) is -3.95. The highest BCUT2D eigenvalue weighted by Gasteiger charge is 2.24. The highest BCUT2D eigenvalue weighted by Crippen LogP contribution is 2.34. The zero-order chi connectivity index (χ0) is 15.8. The van der Waals surface area contributed by atoms with Crippen molar-refractivity contribution in [1.82, 2.24) is 0 Å². The van der Waals surface area contributed by atoms with Crippen molar-refractivity contribution < 1.29 is 18.3 Å². The minimum atomic E-state index is -3.95. The smallest absolute Gasteiger partial charge is 0.345 e. The summed E-state index contributed by atoms with van der Waals surface area (Å²) < 4.78 is 27.8. The lowest BCUT2D eigenvalue weighted by atomic mass is 10.3. The third kappa shape index (κ3) is 3.78. The first-order valence-corrected chi connectivity index (χ1v) is 9.47. The van der Waals surface area contributed by atoms with E-state index >= 15 is 0 Å². The molecule has 5 nitrogen and oxygen atoms in total. The number of rotatable bonds is 4. The zero-order valence-electron chi connectivity index (χ0n) is 9.93. The molecule has 2 N–H and O–H groups in total. The molecule has 0 saturated heterocycles. The van der Waals surface area contributed by atoms with Crippen molar-refractivity contribution in [3.8, 4) is 0 Å². The van der Waals surface area contributed by atoms with E-state index in [1.807, 2.05) is 0 Å². The first-order chi connectivity index (χ1) is 9.70. The molecule has 0 spiro atoms. The van der Waals surface area contributed by atoms with Crippen molar-refractivity contribution >= 4 is 76.5 Å². The van der Waals surface area contributed by atoms with Crippen molar-refractivity contribution in [3.63, 3.8) is 0 Å². The van der Waals surface area contributed by atoms with Gasteiger partial charge in [0.2, 0.25) is 0 Å². The van der Waals surface area contributed by atoms with E-state index in [2.05, 4.69) is 36.6 Å². The fraction of sp³-hybridized carbons (Fsp3) is 0. The number of hydrogen-bond donors (Lipinski definition) is 2. The predicted molar refractivity (Wildman–Crippen MR) is 88.9 cm³/mol. The second-order valence-electron chi connectivity index (χ2n) is 3.78. The van der Waals surface area contributed by atoms with E-state index in [-0.39, 0.29) is 24.3 Å². The summed E-state index contributed by atoms with van der Waals surface area (Å²) in [5.74, 6) is -1.19. The van der Waals surface area contributed by atoms with Gasteiger partial charge < -0.3 is 5.11 Å². The van der Waals surface area contributed by atoms with Gasteiger partial charge in [0.1, 0.15) is 9.77 Å². The maximum Gasteiger partial charge on any atom is 0.345 e. The van der Waals surface area contributed by atoms with Gasteiger partial charge in [0.05, 0.1) is 14.5 Å². The quantitative estimate of drug-likeness (QED) is 0.686. The van der Waals surface area contributed by atoms with Gasteiger partial charge in [0.15, 0.2) is 0 Å². The number of nitrogens with one attached hydrogen (secondary N) is 1. The van der Waals surface area contributed by atoms with Crippen LogP contribution in [0.15, 0.2) is 37.4 Å². The monoisotopic (exact) mass is 473 g/mol. The lowest BCUT2D eigenvalue weighted by Gasteiger charge is -2.09. The number of anilines is 1. The molecule has 2 rings (SSSR count). The van der Waals surface area contributed by atoms with Gasteiger partial charge in [-0.05, 0) is 40.2 Å². The molecule has 0 fully saturated rings. The van der Waals surface area contributed by atoms with Gasteiger partial charge in [0, 0.05) is 4.47 Å². The summed E-state index contributed by atoms with van der Waals surface area (Å²) in [6, 6.07) is 5.81. The molecule has 112 valence electrons. The number of aromatic carboxylic acids is 1. The van der Waals surface area contributed by atoms with Gasteiger partial charge in [-0.2, -0.15) is 0 Å². The molecule has 0 radical (unpaired) electrons. The number of carboxylic acid groups (broad SMARTS) is 1. The number of carboxylic acids is 1. The second kappa shape index (κ2) is 6.25. The lowest BCUT2D eigenvalue weighted by Crippen LogP contribution is -2.13. The maximum atomic E-state index is 12.3. The number of carbonyl (C=O) groups is 1. The molecule has 1 heterocycles. The fourth-order valence-electron chi connectivity index (χ4n) is 1.42. The summed E-state index contributed by atoms with van der Waals surface area (Å²) >= 11 is 13.0. The van der Waals surface area contributed by atoms with E-state index in [0.717, 1.165) is 17.4 Å². The number of sulfonamides is 1. The molecule has 10 heteroatoms. The van der Waals surface area contributed by atoms with Crippen LogP contribution in [0.5, 0.6) is 0 Å². The van der Waals surface area contributed by atoms with Crippen LogP contribution in [0.25, 0.3) is 0 Å². The molecule has 0 bridgehead atoms. The standard InChI is InChI=1S/C11H6Br2ClNO4S2/c12-5-1-2-6(14)7(3-5)15-21(18,19)9-4-8(11(16)17)20-10(9)13/h1-4,15H,(H,16,17). The Balaban J connectivity index is 2.43.